The van der Waals surface area contributed by atoms with E-state index in [-0.39, 0.29) is 0 Å². The van der Waals surface area contributed by atoms with Gasteiger partial charge in [-0.25, -0.2) is 4.98 Å². The number of aromatic nitrogens is 1. The molecule has 4 heteroatoms. The Kier molecular flexibility index (Phi) is 5.07. The first kappa shape index (κ1) is 11.6. The summed E-state index contributed by atoms with van der Waals surface area (Å²) in [7, 11) is 0. The van der Waals surface area contributed by atoms with E-state index in [9.17, 15) is 0 Å². The average molecular weight is 213 g/mol. The molecule has 0 saturated carbocycles. The third-order valence-electron chi connectivity index (χ3n) is 2.35. The summed E-state index contributed by atoms with van der Waals surface area (Å²) in [5, 5.41) is 3.41. The van der Waals surface area contributed by atoms with Gasteiger partial charge in [-0.3, -0.25) is 0 Å². The lowest BCUT2D eigenvalue weighted by atomic mass is 10.1. The van der Waals surface area contributed by atoms with Gasteiger partial charge in [-0.2, -0.15) is 0 Å². The largest absolute Gasteiger partial charge is 0.330 e. The summed E-state index contributed by atoms with van der Waals surface area (Å²) in [5.74, 6) is 0.616. The molecule has 3 N–H and O–H groups in total. The molecule has 1 atom stereocenters. The van der Waals surface area contributed by atoms with Crippen LogP contribution in [0.5, 0.6) is 0 Å². The molecule has 0 fully saturated rings. The van der Waals surface area contributed by atoms with E-state index >= 15 is 0 Å². The van der Waals surface area contributed by atoms with Crippen molar-refractivity contribution in [2.75, 3.05) is 13.1 Å². The molecule has 0 aliphatic carbocycles. The van der Waals surface area contributed by atoms with E-state index in [0.29, 0.717) is 5.92 Å². The third-order valence-corrected chi connectivity index (χ3v) is 3.28. The van der Waals surface area contributed by atoms with Crippen molar-refractivity contribution < 1.29 is 0 Å². The van der Waals surface area contributed by atoms with Crippen molar-refractivity contribution in [3.8, 4) is 0 Å². The lowest BCUT2D eigenvalue weighted by Gasteiger charge is -2.08. The zero-order valence-corrected chi connectivity index (χ0v) is 9.73. The van der Waals surface area contributed by atoms with E-state index in [4.69, 9.17) is 5.73 Å². The summed E-state index contributed by atoms with van der Waals surface area (Å²) >= 11 is 1.72. The molecule has 0 amide bonds. The Morgan fingerprint density at radius 3 is 3.00 bits per heavy atom. The van der Waals surface area contributed by atoms with Gasteiger partial charge in [0.05, 0.1) is 11.2 Å². The van der Waals surface area contributed by atoms with Gasteiger partial charge < -0.3 is 11.1 Å². The zero-order valence-electron chi connectivity index (χ0n) is 8.92. The summed E-state index contributed by atoms with van der Waals surface area (Å²) in [6.07, 6.45) is 1.15. The SMILES string of the molecule is Cc1ncsc1CNCCC(C)CN. The minimum atomic E-state index is 0.616. The molecule has 1 unspecified atom stereocenters. The number of hydrogen-bond acceptors (Lipinski definition) is 4. The molecular formula is C10H19N3S. The van der Waals surface area contributed by atoms with E-state index in [1.165, 1.54) is 4.88 Å². The minimum absolute atomic E-state index is 0.616. The first-order chi connectivity index (χ1) is 6.74. The molecule has 3 nitrogen and oxygen atoms in total. The highest BCUT2D eigenvalue weighted by molar-refractivity contribution is 7.09. The predicted molar refractivity (Wildman–Crippen MR) is 61.4 cm³/mol. The highest BCUT2D eigenvalue weighted by Crippen LogP contribution is 2.11. The molecule has 0 aromatic carbocycles. The molecule has 1 rings (SSSR count). The molecule has 1 aromatic heterocycles. The average Bonchev–Trinajstić information content (AvgIpc) is 2.58. The van der Waals surface area contributed by atoms with Crippen LogP contribution in [-0.2, 0) is 6.54 Å². The fourth-order valence-corrected chi connectivity index (χ4v) is 1.91. The van der Waals surface area contributed by atoms with Crippen molar-refractivity contribution in [3.63, 3.8) is 0 Å². The van der Waals surface area contributed by atoms with Crippen molar-refractivity contribution in [1.29, 1.82) is 0 Å². The van der Waals surface area contributed by atoms with Crippen molar-refractivity contribution in [1.82, 2.24) is 10.3 Å². The highest BCUT2D eigenvalue weighted by Gasteiger charge is 2.01. The van der Waals surface area contributed by atoms with Gasteiger partial charge in [0.1, 0.15) is 0 Å². The van der Waals surface area contributed by atoms with Crippen LogP contribution < -0.4 is 11.1 Å². The van der Waals surface area contributed by atoms with Crippen LogP contribution in [0.1, 0.15) is 23.9 Å². The van der Waals surface area contributed by atoms with Crippen molar-refractivity contribution in [2.45, 2.75) is 26.8 Å². The molecule has 1 aromatic rings. The van der Waals surface area contributed by atoms with E-state index in [1.807, 2.05) is 5.51 Å². The van der Waals surface area contributed by atoms with Crippen LogP contribution in [0, 0.1) is 12.8 Å². The van der Waals surface area contributed by atoms with Gasteiger partial charge in [0.15, 0.2) is 0 Å². The van der Waals surface area contributed by atoms with Gasteiger partial charge in [0.2, 0.25) is 0 Å². The van der Waals surface area contributed by atoms with Crippen LogP contribution in [0.4, 0.5) is 0 Å². The Bertz CT molecular complexity index is 260. The number of aryl methyl sites for hydroxylation is 1. The van der Waals surface area contributed by atoms with Gasteiger partial charge in [-0.1, -0.05) is 6.92 Å². The molecule has 0 aliphatic heterocycles. The quantitative estimate of drug-likeness (QED) is 0.705. The molecule has 0 radical (unpaired) electrons. The first-order valence-corrected chi connectivity index (χ1v) is 5.91. The van der Waals surface area contributed by atoms with Crippen LogP contribution in [0.3, 0.4) is 0 Å². The summed E-state index contributed by atoms with van der Waals surface area (Å²) < 4.78 is 0. The summed E-state index contributed by atoms with van der Waals surface area (Å²) in [4.78, 5) is 5.54. The molecule has 0 spiro atoms. The molecule has 80 valence electrons. The number of hydrogen-bond donors (Lipinski definition) is 2. The van der Waals surface area contributed by atoms with E-state index < -0.39 is 0 Å². The second-order valence-corrected chi connectivity index (χ2v) is 4.61. The Morgan fingerprint density at radius 2 is 2.43 bits per heavy atom. The Labute approximate surface area is 89.7 Å². The number of nitrogens with one attached hydrogen (secondary N) is 1. The summed E-state index contributed by atoms with van der Waals surface area (Å²) in [6.45, 7) is 6.99. The predicted octanol–water partition coefficient (Wildman–Crippen LogP) is 1.53. The first-order valence-electron chi connectivity index (χ1n) is 5.03. The second kappa shape index (κ2) is 6.11. The Hall–Kier alpha value is -0.450. The van der Waals surface area contributed by atoms with Gasteiger partial charge in [0, 0.05) is 11.4 Å². The van der Waals surface area contributed by atoms with Gasteiger partial charge in [0.25, 0.3) is 0 Å². The van der Waals surface area contributed by atoms with Crippen molar-refractivity contribution in [3.05, 3.63) is 16.1 Å². The van der Waals surface area contributed by atoms with Crippen LogP contribution in [-0.4, -0.2) is 18.1 Å². The minimum Gasteiger partial charge on any atom is -0.330 e. The number of thiazole rings is 1. The maximum atomic E-state index is 5.54. The molecule has 0 bridgehead atoms. The number of nitrogens with zero attached hydrogens (tertiary/aromatic N) is 1. The monoisotopic (exact) mass is 213 g/mol. The fourth-order valence-electron chi connectivity index (χ4n) is 1.16. The number of rotatable bonds is 6. The Balaban J connectivity index is 2.13. The molecule has 14 heavy (non-hydrogen) atoms. The molecule has 1 heterocycles. The topological polar surface area (TPSA) is 50.9 Å². The summed E-state index contributed by atoms with van der Waals surface area (Å²) in [5.41, 5.74) is 8.58. The van der Waals surface area contributed by atoms with Crippen LogP contribution in [0.15, 0.2) is 5.51 Å². The normalized spacial score (nSPS) is 13.1. The zero-order chi connectivity index (χ0) is 10.4. The highest BCUT2D eigenvalue weighted by atomic mass is 32.1. The lowest BCUT2D eigenvalue weighted by molar-refractivity contribution is 0.510. The van der Waals surface area contributed by atoms with Crippen LogP contribution in [0.2, 0.25) is 0 Å². The van der Waals surface area contributed by atoms with Gasteiger partial charge >= 0.3 is 0 Å². The van der Waals surface area contributed by atoms with E-state index in [0.717, 1.165) is 31.7 Å². The molecular weight excluding hydrogens is 194 g/mol. The van der Waals surface area contributed by atoms with Gasteiger partial charge in [-0.05, 0) is 32.4 Å². The van der Waals surface area contributed by atoms with Crippen LogP contribution >= 0.6 is 11.3 Å². The third kappa shape index (κ3) is 3.74. The van der Waals surface area contributed by atoms with E-state index in [1.54, 1.807) is 11.3 Å². The number of nitrogens with two attached hydrogens (primary N) is 1. The smallest absolute Gasteiger partial charge is 0.0798 e. The lowest BCUT2D eigenvalue weighted by Crippen LogP contribution is -2.20. The second-order valence-electron chi connectivity index (χ2n) is 3.67. The molecule has 0 saturated heterocycles. The van der Waals surface area contributed by atoms with E-state index in [2.05, 4.69) is 24.1 Å². The van der Waals surface area contributed by atoms with Gasteiger partial charge in [-0.15, -0.1) is 11.3 Å². The standard InChI is InChI=1S/C10H19N3S/c1-8(5-11)3-4-12-6-10-9(2)13-7-14-10/h7-8,12H,3-6,11H2,1-2H3. The molecule has 0 aliphatic rings. The maximum Gasteiger partial charge on any atom is 0.0798 e. The fraction of sp³-hybridized carbons (Fsp3) is 0.700. The Morgan fingerprint density at radius 1 is 1.64 bits per heavy atom. The maximum absolute atomic E-state index is 5.54. The van der Waals surface area contributed by atoms with Crippen molar-refractivity contribution >= 4 is 11.3 Å². The van der Waals surface area contributed by atoms with Crippen LogP contribution in [0.25, 0.3) is 0 Å². The summed E-state index contributed by atoms with van der Waals surface area (Å²) in [6, 6.07) is 0. The van der Waals surface area contributed by atoms with Crippen molar-refractivity contribution in [2.24, 2.45) is 11.7 Å².